The molecule has 2 aromatic carbocycles. The van der Waals surface area contributed by atoms with Crippen LogP contribution in [0.2, 0.25) is 0 Å². The van der Waals surface area contributed by atoms with Crippen molar-refractivity contribution in [3.8, 4) is 11.6 Å². The Morgan fingerprint density at radius 3 is 2.48 bits per heavy atom. The van der Waals surface area contributed by atoms with Crippen molar-refractivity contribution in [2.75, 3.05) is 31.6 Å². The van der Waals surface area contributed by atoms with Gasteiger partial charge in [-0.25, -0.2) is 4.79 Å². The fourth-order valence-corrected chi connectivity index (χ4v) is 5.53. The summed E-state index contributed by atoms with van der Waals surface area (Å²) in [4.78, 5) is 43.9. The highest BCUT2D eigenvalue weighted by atomic mass is 16.5. The van der Waals surface area contributed by atoms with E-state index in [1.165, 1.54) is 5.56 Å². The molecule has 222 valence electrons. The number of hydrogen-bond donors (Lipinski definition) is 2. The number of unbranched alkanes of at least 4 members (excludes halogenated alkanes) is 2. The number of carbonyl (C=O) groups is 3. The van der Waals surface area contributed by atoms with Crippen LogP contribution in [-0.4, -0.2) is 69.7 Å². The second kappa shape index (κ2) is 13.1. The van der Waals surface area contributed by atoms with Gasteiger partial charge in [0.05, 0.1) is 17.3 Å². The minimum Gasteiger partial charge on any atom is -0.475 e. The zero-order valence-corrected chi connectivity index (χ0v) is 24.7. The van der Waals surface area contributed by atoms with Gasteiger partial charge in [0.25, 0.3) is 11.8 Å². The number of benzene rings is 2. The molecule has 0 bridgehead atoms. The summed E-state index contributed by atoms with van der Waals surface area (Å²) in [5, 5.41) is 10.2. The third-order valence-electron chi connectivity index (χ3n) is 7.84. The lowest BCUT2D eigenvalue weighted by Gasteiger charge is -2.36. The average Bonchev–Trinajstić information content (AvgIpc) is 3.43. The Labute approximate surface area is 247 Å². The molecule has 10 nitrogen and oxygen atoms in total. The number of nitrogens with zero attached hydrogens (tertiary/aromatic N) is 4. The van der Waals surface area contributed by atoms with Crippen molar-refractivity contribution in [3.63, 3.8) is 0 Å². The summed E-state index contributed by atoms with van der Waals surface area (Å²) < 4.78 is 7.91. The molecule has 0 saturated carbocycles. The fourth-order valence-electron chi connectivity index (χ4n) is 5.53. The predicted molar refractivity (Wildman–Crippen MR) is 161 cm³/mol. The predicted octanol–water partition coefficient (Wildman–Crippen LogP) is 5.02. The van der Waals surface area contributed by atoms with Gasteiger partial charge < -0.3 is 25.2 Å². The molecule has 1 atom stereocenters. The molecular weight excluding hydrogens is 532 g/mol. The van der Waals surface area contributed by atoms with Gasteiger partial charge >= 0.3 is 6.03 Å². The molecule has 3 heterocycles. The topological polar surface area (TPSA) is 109 Å². The molecule has 0 spiro atoms. The summed E-state index contributed by atoms with van der Waals surface area (Å²) in [5.41, 5.74) is 3.92. The number of fused-ring (bicyclic) bond motifs is 5. The van der Waals surface area contributed by atoms with E-state index in [9.17, 15) is 14.4 Å². The monoisotopic (exact) mass is 572 g/mol. The molecule has 4 amide bonds. The highest BCUT2D eigenvalue weighted by Gasteiger charge is 2.35. The summed E-state index contributed by atoms with van der Waals surface area (Å²) in [6.45, 7) is 8.57. The molecule has 3 aromatic rings. The van der Waals surface area contributed by atoms with Crippen LogP contribution >= 0.6 is 0 Å². The van der Waals surface area contributed by atoms with Crippen molar-refractivity contribution in [2.24, 2.45) is 0 Å². The van der Waals surface area contributed by atoms with Crippen molar-refractivity contribution >= 4 is 23.5 Å². The van der Waals surface area contributed by atoms with Gasteiger partial charge in [-0.05, 0) is 55.5 Å². The van der Waals surface area contributed by atoms with Crippen molar-refractivity contribution in [1.29, 1.82) is 0 Å². The summed E-state index contributed by atoms with van der Waals surface area (Å²) in [6, 6.07) is 14.4. The van der Waals surface area contributed by atoms with Crippen molar-refractivity contribution in [3.05, 3.63) is 70.9 Å². The molecule has 0 unspecified atom stereocenters. The molecule has 1 aromatic heterocycles. The molecule has 10 heteroatoms. The quantitative estimate of drug-likeness (QED) is 0.375. The van der Waals surface area contributed by atoms with Gasteiger partial charge in [-0.1, -0.05) is 51.0 Å². The smallest absolute Gasteiger partial charge is 0.319 e. The second-order valence-electron chi connectivity index (χ2n) is 10.9. The molecule has 0 saturated heterocycles. The maximum absolute atomic E-state index is 14.3. The van der Waals surface area contributed by atoms with E-state index < -0.39 is 0 Å². The van der Waals surface area contributed by atoms with Crippen molar-refractivity contribution in [2.45, 2.75) is 65.5 Å². The summed E-state index contributed by atoms with van der Waals surface area (Å²) in [5.74, 6) is 0.0769. The summed E-state index contributed by atoms with van der Waals surface area (Å²) >= 11 is 0. The SMILES string of the molecule is CCCCN(CCCC)C(=O)c1cc2n(n1)-c1ccc(NC(=O)NCC)cc1C(=O)N1Cc3ccccc3C[C@H]1CO2. The summed E-state index contributed by atoms with van der Waals surface area (Å²) in [7, 11) is 0. The van der Waals surface area contributed by atoms with Gasteiger partial charge in [-0.2, -0.15) is 9.78 Å². The molecule has 2 aliphatic rings. The van der Waals surface area contributed by atoms with E-state index in [4.69, 9.17) is 9.84 Å². The zero-order chi connectivity index (χ0) is 29.6. The number of anilines is 1. The average molecular weight is 573 g/mol. The number of hydrogen-bond acceptors (Lipinski definition) is 5. The Balaban J connectivity index is 1.57. The third-order valence-corrected chi connectivity index (χ3v) is 7.84. The van der Waals surface area contributed by atoms with E-state index >= 15 is 0 Å². The van der Waals surface area contributed by atoms with E-state index in [2.05, 4.69) is 30.5 Å². The molecule has 0 radical (unpaired) electrons. The van der Waals surface area contributed by atoms with Gasteiger partial charge in [0.1, 0.15) is 6.61 Å². The van der Waals surface area contributed by atoms with E-state index in [0.29, 0.717) is 55.4 Å². The third kappa shape index (κ3) is 6.12. The molecule has 0 fully saturated rings. The van der Waals surface area contributed by atoms with E-state index in [-0.39, 0.29) is 36.2 Å². The first-order valence-electron chi connectivity index (χ1n) is 15.0. The van der Waals surface area contributed by atoms with Crippen LogP contribution in [0.4, 0.5) is 10.5 Å². The number of aromatic nitrogens is 2. The van der Waals surface area contributed by atoms with Crippen LogP contribution in [0.1, 0.15) is 78.4 Å². The second-order valence-corrected chi connectivity index (χ2v) is 10.9. The minimum absolute atomic E-state index is 0.145. The number of ether oxygens (including phenoxy) is 1. The van der Waals surface area contributed by atoms with Gasteiger partial charge in [-0.3, -0.25) is 9.59 Å². The number of rotatable bonds is 9. The molecule has 5 rings (SSSR count). The van der Waals surface area contributed by atoms with Crippen LogP contribution < -0.4 is 15.4 Å². The summed E-state index contributed by atoms with van der Waals surface area (Å²) in [6.07, 6.45) is 4.45. The Kier molecular flexibility index (Phi) is 9.09. The molecule has 0 aliphatic carbocycles. The van der Waals surface area contributed by atoms with Crippen LogP contribution in [0.25, 0.3) is 5.69 Å². The minimum atomic E-state index is -0.354. The van der Waals surface area contributed by atoms with Gasteiger partial charge in [0.2, 0.25) is 5.88 Å². The lowest BCUT2D eigenvalue weighted by atomic mass is 9.93. The first-order valence-corrected chi connectivity index (χ1v) is 15.0. The van der Waals surface area contributed by atoms with E-state index in [0.717, 1.165) is 31.2 Å². The van der Waals surface area contributed by atoms with Crippen LogP contribution in [0.5, 0.6) is 5.88 Å². The Bertz CT molecular complexity index is 1440. The molecule has 2 N–H and O–H groups in total. The highest BCUT2D eigenvalue weighted by Crippen LogP contribution is 2.32. The Hall–Kier alpha value is -4.34. The Morgan fingerprint density at radius 1 is 1.02 bits per heavy atom. The largest absolute Gasteiger partial charge is 0.475 e. The lowest BCUT2D eigenvalue weighted by molar-refractivity contribution is 0.0569. The highest BCUT2D eigenvalue weighted by molar-refractivity contribution is 6.01. The normalized spacial score (nSPS) is 15.5. The Morgan fingerprint density at radius 2 is 1.76 bits per heavy atom. The standard InChI is InChI=1S/C32H40N6O4/c1-4-7-15-36(16-8-5-2)31(40)27-19-29-38(35-27)28-14-13-24(34-32(41)33-6-3)18-26(28)30(39)37-20-23-12-10-9-11-22(23)17-25(37)21-42-29/h9-14,18-19,25H,4-8,15-17,20-21H2,1-3H3,(H2,33,34,41)/t25-/m0/s1. The first kappa shape index (κ1) is 29.2. The maximum Gasteiger partial charge on any atom is 0.319 e. The number of urea groups is 1. The van der Waals surface area contributed by atoms with Crippen LogP contribution in [0.3, 0.4) is 0 Å². The first-order chi connectivity index (χ1) is 20.4. The molecular formula is C32H40N6O4. The van der Waals surface area contributed by atoms with E-state index in [1.54, 1.807) is 28.9 Å². The fraction of sp³-hybridized carbons (Fsp3) is 0.438. The molecule has 42 heavy (non-hydrogen) atoms. The maximum atomic E-state index is 14.3. The lowest BCUT2D eigenvalue weighted by Crippen LogP contribution is -2.47. The number of amides is 4. The van der Waals surface area contributed by atoms with Crippen molar-refractivity contribution < 1.29 is 19.1 Å². The number of nitrogens with one attached hydrogen (secondary N) is 2. The number of carbonyl (C=O) groups excluding carboxylic acids is 3. The van der Waals surface area contributed by atoms with Crippen molar-refractivity contribution in [1.82, 2.24) is 24.9 Å². The zero-order valence-electron chi connectivity index (χ0n) is 24.7. The van der Waals surface area contributed by atoms with Gasteiger partial charge in [0.15, 0.2) is 5.69 Å². The van der Waals surface area contributed by atoms with Crippen LogP contribution in [0, 0.1) is 0 Å². The van der Waals surface area contributed by atoms with Gasteiger partial charge in [-0.15, -0.1) is 0 Å². The van der Waals surface area contributed by atoms with Crippen LogP contribution in [0.15, 0.2) is 48.5 Å². The van der Waals surface area contributed by atoms with E-state index in [1.807, 2.05) is 34.9 Å². The molecule has 2 aliphatic heterocycles. The van der Waals surface area contributed by atoms with Gasteiger partial charge in [0, 0.05) is 37.9 Å². The van der Waals surface area contributed by atoms with Crippen LogP contribution in [-0.2, 0) is 13.0 Å².